The van der Waals surface area contributed by atoms with Gasteiger partial charge in [-0.15, -0.1) is 0 Å². The van der Waals surface area contributed by atoms with Gasteiger partial charge in [0.25, 0.3) is 11.8 Å². The molecule has 5 nitrogen and oxygen atoms in total. The van der Waals surface area contributed by atoms with Crippen molar-refractivity contribution in [3.05, 3.63) is 35.4 Å². The molecule has 0 radical (unpaired) electrons. The van der Waals surface area contributed by atoms with E-state index in [0.29, 0.717) is 29.8 Å². The molecule has 1 fully saturated rings. The highest BCUT2D eigenvalue weighted by Gasteiger charge is 2.36. The molecule has 3 aliphatic rings. The normalized spacial score (nSPS) is 23.5. The van der Waals surface area contributed by atoms with Gasteiger partial charge in [-0.25, -0.2) is 0 Å². The smallest absolute Gasteiger partial charge is 0.261 e. The number of rotatable bonds is 3. The summed E-state index contributed by atoms with van der Waals surface area (Å²) in [5.74, 6) is -0.322. The summed E-state index contributed by atoms with van der Waals surface area (Å²) in [5.41, 5.74) is 3.37. The van der Waals surface area contributed by atoms with Gasteiger partial charge >= 0.3 is 0 Å². The van der Waals surface area contributed by atoms with Gasteiger partial charge in [0.15, 0.2) is 0 Å². The SMILES string of the molecule is CCCCN1C(=O)c2ccc3c4c(ccc(c24)C1=O)NC1CCCCC1N3. The van der Waals surface area contributed by atoms with Crippen LogP contribution in [0.1, 0.15) is 66.2 Å². The van der Waals surface area contributed by atoms with Crippen LogP contribution in [0.25, 0.3) is 10.8 Å². The zero-order valence-electron chi connectivity index (χ0n) is 15.7. The minimum Gasteiger partial charge on any atom is -0.380 e. The van der Waals surface area contributed by atoms with E-state index in [2.05, 4.69) is 17.6 Å². The van der Waals surface area contributed by atoms with Gasteiger partial charge in [0.1, 0.15) is 0 Å². The van der Waals surface area contributed by atoms with E-state index in [1.165, 1.54) is 17.7 Å². The van der Waals surface area contributed by atoms with E-state index in [4.69, 9.17) is 0 Å². The number of unbranched alkanes of at least 4 members (excludes halogenated alkanes) is 1. The Kier molecular flexibility index (Phi) is 3.85. The largest absolute Gasteiger partial charge is 0.380 e. The number of benzene rings is 2. The molecule has 2 N–H and O–H groups in total. The lowest BCUT2D eigenvalue weighted by Crippen LogP contribution is -2.40. The molecule has 2 atom stereocenters. The van der Waals surface area contributed by atoms with Crippen LogP contribution in [-0.2, 0) is 0 Å². The Balaban J connectivity index is 1.68. The average Bonchev–Trinajstić information content (AvgIpc) is 2.85. The quantitative estimate of drug-likeness (QED) is 0.794. The van der Waals surface area contributed by atoms with Crippen molar-refractivity contribution >= 4 is 34.0 Å². The molecule has 2 aromatic carbocycles. The summed E-state index contributed by atoms with van der Waals surface area (Å²) in [7, 11) is 0. The van der Waals surface area contributed by atoms with Crippen LogP contribution < -0.4 is 10.6 Å². The predicted octanol–water partition coefficient (Wildman–Crippen LogP) is 4.38. The number of amides is 2. The maximum Gasteiger partial charge on any atom is 0.261 e. The fourth-order valence-electron chi connectivity index (χ4n) is 4.87. The van der Waals surface area contributed by atoms with Gasteiger partial charge in [0, 0.05) is 51.9 Å². The van der Waals surface area contributed by atoms with Gasteiger partial charge < -0.3 is 10.6 Å². The molecule has 5 heteroatoms. The molecule has 2 amide bonds. The van der Waals surface area contributed by atoms with Crippen LogP contribution in [0.3, 0.4) is 0 Å². The lowest BCUT2D eigenvalue weighted by atomic mass is 9.90. The second kappa shape index (κ2) is 6.25. The van der Waals surface area contributed by atoms with Crippen LogP contribution in [0.4, 0.5) is 11.4 Å². The zero-order chi connectivity index (χ0) is 18.5. The molecule has 2 aliphatic heterocycles. The van der Waals surface area contributed by atoms with Crippen molar-refractivity contribution in [3.63, 3.8) is 0 Å². The van der Waals surface area contributed by atoms with E-state index in [1.54, 1.807) is 0 Å². The average molecular weight is 363 g/mol. The van der Waals surface area contributed by atoms with Gasteiger partial charge in [-0.3, -0.25) is 14.5 Å². The van der Waals surface area contributed by atoms with E-state index in [0.717, 1.165) is 47.8 Å². The van der Waals surface area contributed by atoms with Crippen LogP contribution >= 0.6 is 0 Å². The lowest BCUT2D eigenvalue weighted by molar-refractivity contribution is 0.0608. The van der Waals surface area contributed by atoms with E-state index in [-0.39, 0.29) is 11.8 Å². The topological polar surface area (TPSA) is 61.4 Å². The number of fused-ring (bicyclic) bond motifs is 1. The number of hydrogen-bond acceptors (Lipinski definition) is 4. The summed E-state index contributed by atoms with van der Waals surface area (Å²) < 4.78 is 0. The molecule has 2 heterocycles. The maximum atomic E-state index is 13.0. The van der Waals surface area contributed by atoms with Crippen molar-refractivity contribution < 1.29 is 9.59 Å². The van der Waals surface area contributed by atoms with Crippen molar-refractivity contribution in [2.24, 2.45) is 0 Å². The molecule has 1 saturated carbocycles. The monoisotopic (exact) mass is 363 g/mol. The molecule has 2 unspecified atom stereocenters. The molecule has 0 saturated heterocycles. The molecule has 0 bridgehead atoms. The van der Waals surface area contributed by atoms with Crippen LogP contribution in [0.5, 0.6) is 0 Å². The van der Waals surface area contributed by atoms with E-state index in [9.17, 15) is 9.59 Å². The van der Waals surface area contributed by atoms with Gasteiger partial charge in [-0.05, 0) is 43.5 Å². The number of hydrogen-bond donors (Lipinski definition) is 2. The number of carbonyl (C=O) groups excluding carboxylic acids is 2. The van der Waals surface area contributed by atoms with Crippen LogP contribution in [0, 0.1) is 0 Å². The van der Waals surface area contributed by atoms with Crippen molar-refractivity contribution in [3.8, 4) is 0 Å². The Hall–Kier alpha value is -2.56. The van der Waals surface area contributed by atoms with Gasteiger partial charge in [-0.2, -0.15) is 0 Å². The van der Waals surface area contributed by atoms with Crippen LogP contribution in [0.15, 0.2) is 24.3 Å². The number of nitrogens with one attached hydrogen (secondary N) is 2. The van der Waals surface area contributed by atoms with Crippen molar-refractivity contribution in [2.75, 3.05) is 17.2 Å². The van der Waals surface area contributed by atoms with Crippen LogP contribution in [-0.4, -0.2) is 35.3 Å². The lowest BCUT2D eigenvalue weighted by Gasteiger charge is -2.32. The molecule has 5 rings (SSSR count). The molecule has 0 aromatic heterocycles. The minimum absolute atomic E-state index is 0.161. The third kappa shape index (κ3) is 2.44. The standard InChI is InChI=1S/C22H25N3O2/c1-2-3-12-25-21(26)13-8-10-17-20-18(11-9-14(19(13)20)22(25)27)24-16-7-5-4-6-15(16)23-17/h8-11,15-16,23-24H,2-7,12H2,1H3. The Morgan fingerprint density at radius 1 is 0.889 bits per heavy atom. The maximum absolute atomic E-state index is 13.0. The van der Waals surface area contributed by atoms with Crippen molar-refractivity contribution in [2.45, 2.75) is 57.5 Å². The Labute approximate surface area is 159 Å². The highest BCUT2D eigenvalue weighted by molar-refractivity contribution is 6.28. The highest BCUT2D eigenvalue weighted by Crippen LogP contribution is 2.42. The number of carbonyl (C=O) groups is 2. The zero-order valence-corrected chi connectivity index (χ0v) is 15.7. The predicted molar refractivity (Wildman–Crippen MR) is 108 cm³/mol. The van der Waals surface area contributed by atoms with Gasteiger partial charge in [0.05, 0.1) is 0 Å². The Bertz CT molecular complexity index is 883. The van der Waals surface area contributed by atoms with E-state index >= 15 is 0 Å². The first-order valence-corrected chi connectivity index (χ1v) is 10.2. The first kappa shape index (κ1) is 16.6. The summed E-state index contributed by atoms with van der Waals surface area (Å²) in [6.07, 6.45) is 6.55. The third-order valence-electron chi connectivity index (χ3n) is 6.29. The molecular weight excluding hydrogens is 338 g/mol. The first-order chi connectivity index (χ1) is 13.2. The molecule has 0 spiro atoms. The summed E-state index contributed by atoms with van der Waals surface area (Å²) >= 11 is 0. The minimum atomic E-state index is -0.161. The number of nitrogens with zero attached hydrogens (tertiary/aromatic N) is 1. The summed E-state index contributed by atoms with van der Waals surface area (Å²) in [6.45, 7) is 2.55. The summed E-state index contributed by atoms with van der Waals surface area (Å²) in [6, 6.07) is 8.62. The molecule has 140 valence electrons. The highest BCUT2D eigenvalue weighted by atomic mass is 16.2. The van der Waals surface area contributed by atoms with Crippen LogP contribution in [0.2, 0.25) is 0 Å². The van der Waals surface area contributed by atoms with E-state index < -0.39 is 0 Å². The fourth-order valence-corrected chi connectivity index (χ4v) is 4.87. The second-order valence-corrected chi connectivity index (χ2v) is 7.97. The molecular formula is C22H25N3O2. The summed E-state index contributed by atoms with van der Waals surface area (Å²) in [5, 5.41) is 9.22. The molecule has 2 aromatic rings. The Morgan fingerprint density at radius 3 is 1.96 bits per heavy atom. The molecule has 27 heavy (non-hydrogen) atoms. The molecule has 1 aliphatic carbocycles. The first-order valence-electron chi connectivity index (χ1n) is 10.2. The van der Waals surface area contributed by atoms with E-state index in [1.807, 2.05) is 24.3 Å². The third-order valence-corrected chi connectivity index (χ3v) is 6.29. The number of imide groups is 1. The fraction of sp³-hybridized carbons (Fsp3) is 0.455. The van der Waals surface area contributed by atoms with Crippen molar-refractivity contribution in [1.29, 1.82) is 0 Å². The second-order valence-electron chi connectivity index (χ2n) is 7.97. The van der Waals surface area contributed by atoms with Gasteiger partial charge in [0.2, 0.25) is 0 Å². The summed E-state index contributed by atoms with van der Waals surface area (Å²) in [4.78, 5) is 27.5. The number of anilines is 2. The Morgan fingerprint density at radius 2 is 1.44 bits per heavy atom. The van der Waals surface area contributed by atoms with Crippen molar-refractivity contribution in [1.82, 2.24) is 4.90 Å². The van der Waals surface area contributed by atoms with Gasteiger partial charge in [-0.1, -0.05) is 26.2 Å².